The summed E-state index contributed by atoms with van der Waals surface area (Å²) in [5, 5.41) is 11.3. The van der Waals surface area contributed by atoms with Crippen LogP contribution in [0.2, 0.25) is 0 Å². The quantitative estimate of drug-likeness (QED) is 0.765. The van der Waals surface area contributed by atoms with Gasteiger partial charge in [0.05, 0.1) is 18.2 Å². The van der Waals surface area contributed by atoms with Gasteiger partial charge in [-0.2, -0.15) is 0 Å². The van der Waals surface area contributed by atoms with Crippen LogP contribution >= 0.6 is 0 Å². The summed E-state index contributed by atoms with van der Waals surface area (Å²) in [6, 6.07) is 4.29. The van der Waals surface area contributed by atoms with E-state index in [2.05, 4.69) is 25.5 Å². The number of pyridine rings is 1. The minimum Gasteiger partial charge on any atom is -0.352 e. The Bertz CT molecular complexity index is 747. The highest BCUT2D eigenvalue weighted by atomic mass is 16.1. The molecule has 3 aliphatic heterocycles. The first kappa shape index (κ1) is 17.1. The first-order valence-electron chi connectivity index (χ1n) is 9.22. The van der Waals surface area contributed by atoms with Crippen LogP contribution < -0.4 is 11.1 Å². The normalized spacial score (nSPS) is 27.4. The van der Waals surface area contributed by atoms with E-state index in [0.29, 0.717) is 25.0 Å². The van der Waals surface area contributed by atoms with Crippen molar-refractivity contribution < 1.29 is 4.79 Å². The van der Waals surface area contributed by atoms with Crippen LogP contribution in [0.1, 0.15) is 24.1 Å². The summed E-state index contributed by atoms with van der Waals surface area (Å²) in [7, 11) is 0. The highest BCUT2D eigenvalue weighted by molar-refractivity contribution is 5.79. The third kappa shape index (κ3) is 3.61. The van der Waals surface area contributed by atoms with Gasteiger partial charge in [-0.05, 0) is 36.9 Å². The zero-order chi connectivity index (χ0) is 17.9. The number of nitrogens with zero attached hydrogens (tertiary/aromatic N) is 5. The minimum absolute atomic E-state index is 0.0759. The summed E-state index contributed by atoms with van der Waals surface area (Å²) in [6.45, 7) is 3.65. The number of rotatable bonds is 6. The third-order valence-electron chi connectivity index (χ3n) is 5.60. The van der Waals surface area contributed by atoms with Gasteiger partial charge >= 0.3 is 0 Å². The lowest BCUT2D eigenvalue weighted by molar-refractivity contribution is -0.133. The Morgan fingerprint density at radius 1 is 1.42 bits per heavy atom. The SMILES string of the molecule is NCc1cn(CC2CC3CCN2CC3C(=O)NCc2cccnc2)nn1. The van der Waals surface area contributed by atoms with Gasteiger partial charge in [0, 0.05) is 44.3 Å². The Hall–Kier alpha value is -2.32. The Morgan fingerprint density at radius 3 is 3.04 bits per heavy atom. The van der Waals surface area contributed by atoms with Gasteiger partial charge in [-0.1, -0.05) is 11.3 Å². The van der Waals surface area contributed by atoms with Crippen LogP contribution in [0.5, 0.6) is 0 Å². The zero-order valence-corrected chi connectivity index (χ0v) is 14.8. The molecule has 8 nitrogen and oxygen atoms in total. The summed E-state index contributed by atoms with van der Waals surface area (Å²) in [4.78, 5) is 19.2. The molecular weight excluding hydrogens is 330 g/mol. The predicted molar refractivity (Wildman–Crippen MR) is 95.6 cm³/mol. The number of aromatic nitrogens is 4. The number of carbonyl (C=O) groups is 1. The first-order chi connectivity index (χ1) is 12.7. The van der Waals surface area contributed by atoms with Gasteiger partial charge in [-0.25, -0.2) is 0 Å². The van der Waals surface area contributed by atoms with Gasteiger partial charge in [-0.15, -0.1) is 5.10 Å². The van der Waals surface area contributed by atoms with Crippen molar-refractivity contribution in [1.82, 2.24) is 30.2 Å². The molecule has 138 valence electrons. The largest absolute Gasteiger partial charge is 0.352 e. The maximum Gasteiger partial charge on any atom is 0.224 e. The molecule has 8 heteroatoms. The fourth-order valence-corrected chi connectivity index (χ4v) is 4.19. The molecule has 0 saturated carbocycles. The minimum atomic E-state index is 0.0759. The van der Waals surface area contributed by atoms with Gasteiger partial charge in [0.1, 0.15) is 0 Å². The average Bonchev–Trinajstić information content (AvgIpc) is 3.15. The van der Waals surface area contributed by atoms with Crippen LogP contribution in [0, 0.1) is 11.8 Å². The topological polar surface area (TPSA) is 102 Å². The maximum atomic E-state index is 12.7. The maximum absolute atomic E-state index is 12.7. The summed E-state index contributed by atoms with van der Waals surface area (Å²) in [5.41, 5.74) is 7.45. The standard InChI is InChI=1S/C18H25N7O/c19-7-15-10-25(23-22-15)11-16-6-14-3-5-24(16)12-17(14)18(26)21-9-13-2-1-4-20-8-13/h1-2,4,8,10,14,16-17H,3,5-7,9,11-12,19H2,(H,21,26). The van der Waals surface area contributed by atoms with Crippen molar-refractivity contribution in [2.75, 3.05) is 13.1 Å². The summed E-state index contributed by atoms with van der Waals surface area (Å²) in [6.07, 6.45) is 7.57. The second-order valence-electron chi connectivity index (χ2n) is 7.25. The van der Waals surface area contributed by atoms with E-state index in [4.69, 9.17) is 5.73 Å². The van der Waals surface area contributed by atoms with Crippen molar-refractivity contribution in [3.8, 4) is 0 Å². The Morgan fingerprint density at radius 2 is 2.35 bits per heavy atom. The smallest absolute Gasteiger partial charge is 0.224 e. The van der Waals surface area contributed by atoms with Crippen LogP contribution in [0.25, 0.3) is 0 Å². The average molecular weight is 355 g/mol. The summed E-state index contributed by atoms with van der Waals surface area (Å²) < 4.78 is 1.88. The fourth-order valence-electron chi connectivity index (χ4n) is 4.19. The van der Waals surface area contributed by atoms with E-state index in [0.717, 1.165) is 43.7 Å². The molecule has 3 fully saturated rings. The summed E-state index contributed by atoms with van der Waals surface area (Å²) in [5.74, 6) is 0.677. The van der Waals surface area contributed by atoms with E-state index >= 15 is 0 Å². The number of piperidine rings is 3. The predicted octanol–water partition coefficient (Wildman–Crippen LogP) is 0.159. The molecule has 4 atom stereocenters. The number of nitrogens with two attached hydrogens (primary N) is 1. The molecule has 0 radical (unpaired) electrons. The number of nitrogens with one attached hydrogen (secondary N) is 1. The van der Waals surface area contributed by atoms with Crippen LogP contribution in [0.3, 0.4) is 0 Å². The monoisotopic (exact) mass is 355 g/mol. The van der Waals surface area contributed by atoms with E-state index in [-0.39, 0.29) is 11.8 Å². The van der Waals surface area contributed by atoms with Crippen molar-refractivity contribution in [1.29, 1.82) is 0 Å². The molecule has 3 saturated heterocycles. The molecule has 2 bridgehead atoms. The highest BCUT2D eigenvalue weighted by Gasteiger charge is 2.43. The van der Waals surface area contributed by atoms with Crippen molar-refractivity contribution >= 4 is 5.91 Å². The van der Waals surface area contributed by atoms with Gasteiger partial charge in [0.25, 0.3) is 0 Å². The van der Waals surface area contributed by atoms with Gasteiger partial charge in [-0.3, -0.25) is 19.4 Å². The van der Waals surface area contributed by atoms with Gasteiger partial charge in [0.15, 0.2) is 0 Å². The molecule has 2 aromatic heterocycles. The molecule has 5 heterocycles. The van der Waals surface area contributed by atoms with Crippen LogP contribution in [-0.4, -0.2) is 49.9 Å². The molecule has 3 aliphatic rings. The number of hydrogen-bond donors (Lipinski definition) is 2. The molecule has 1 amide bonds. The zero-order valence-electron chi connectivity index (χ0n) is 14.8. The first-order valence-corrected chi connectivity index (χ1v) is 9.22. The van der Waals surface area contributed by atoms with Crippen LogP contribution in [-0.2, 0) is 24.4 Å². The lowest BCUT2D eigenvalue weighted by atomic mass is 9.75. The second-order valence-corrected chi connectivity index (χ2v) is 7.25. The van der Waals surface area contributed by atoms with Crippen LogP contribution in [0.15, 0.2) is 30.7 Å². The summed E-state index contributed by atoms with van der Waals surface area (Å²) >= 11 is 0. The molecule has 5 rings (SSSR count). The highest BCUT2D eigenvalue weighted by Crippen LogP contribution is 2.36. The molecule has 4 unspecified atom stereocenters. The van der Waals surface area contributed by atoms with Crippen molar-refractivity contribution in [3.63, 3.8) is 0 Å². The molecule has 0 spiro atoms. The van der Waals surface area contributed by atoms with E-state index in [9.17, 15) is 4.79 Å². The Balaban J connectivity index is 1.33. The van der Waals surface area contributed by atoms with Gasteiger partial charge < -0.3 is 11.1 Å². The van der Waals surface area contributed by atoms with E-state index in [1.165, 1.54) is 0 Å². The molecular formula is C18H25N7O. The number of hydrogen-bond acceptors (Lipinski definition) is 6. The molecule has 26 heavy (non-hydrogen) atoms. The number of fused-ring (bicyclic) bond motifs is 3. The lowest BCUT2D eigenvalue weighted by Gasteiger charge is -2.49. The molecule has 0 aliphatic carbocycles. The Kier molecular flexibility index (Phi) is 4.94. The van der Waals surface area contributed by atoms with Crippen molar-refractivity contribution in [2.24, 2.45) is 17.6 Å². The third-order valence-corrected chi connectivity index (χ3v) is 5.60. The van der Waals surface area contributed by atoms with Crippen molar-refractivity contribution in [2.45, 2.75) is 38.5 Å². The van der Waals surface area contributed by atoms with Crippen LogP contribution in [0.4, 0.5) is 0 Å². The molecule has 3 N–H and O–H groups in total. The van der Waals surface area contributed by atoms with Gasteiger partial charge in [0.2, 0.25) is 5.91 Å². The van der Waals surface area contributed by atoms with E-state index < -0.39 is 0 Å². The van der Waals surface area contributed by atoms with E-state index in [1.54, 1.807) is 12.4 Å². The van der Waals surface area contributed by atoms with E-state index in [1.807, 2.05) is 23.0 Å². The molecule has 0 aromatic carbocycles. The fraction of sp³-hybridized carbons (Fsp3) is 0.556. The van der Waals surface area contributed by atoms with Crippen molar-refractivity contribution in [3.05, 3.63) is 42.0 Å². The number of carbonyl (C=O) groups excluding carboxylic acids is 1. The Labute approximate surface area is 152 Å². The lowest BCUT2D eigenvalue weighted by Crippen LogP contribution is -2.58. The number of amides is 1. The second kappa shape index (κ2) is 7.51. The molecule has 2 aromatic rings.